The van der Waals surface area contributed by atoms with Gasteiger partial charge < -0.3 is 19.7 Å². The number of aromatic nitrogens is 2. The fourth-order valence-electron chi connectivity index (χ4n) is 7.78. The van der Waals surface area contributed by atoms with Crippen LogP contribution in [0.4, 0.5) is 0 Å². The van der Waals surface area contributed by atoms with Crippen LogP contribution in [0.15, 0.2) is 122 Å². The van der Waals surface area contributed by atoms with Gasteiger partial charge in [0.2, 0.25) is 0 Å². The molecule has 0 unspecified atom stereocenters. The van der Waals surface area contributed by atoms with E-state index in [0.717, 1.165) is 75.7 Å². The molecule has 2 N–H and O–H groups in total. The Morgan fingerprint density at radius 3 is 1.29 bits per heavy atom. The molecular weight excluding hydrogens is 736 g/mol. The van der Waals surface area contributed by atoms with Crippen molar-refractivity contribution in [2.45, 2.75) is 103 Å². The Morgan fingerprint density at radius 2 is 0.845 bits per heavy atom. The van der Waals surface area contributed by atoms with Crippen LogP contribution in [0, 0.1) is 0 Å². The van der Waals surface area contributed by atoms with Crippen LogP contribution in [0.3, 0.4) is 0 Å². The molecule has 2 aromatic heterocycles. The summed E-state index contributed by atoms with van der Waals surface area (Å²) in [7, 11) is -2.51. The molecule has 306 valence electrons. The zero-order valence-corrected chi connectivity index (χ0v) is 35.3. The molecule has 2 heterocycles. The van der Waals surface area contributed by atoms with E-state index in [0.29, 0.717) is 13.2 Å². The Labute approximate surface area is 347 Å². The quantitative estimate of drug-likeness (QED) is 0.0378. The van der Waals surface area contributed by atoms with E-state index in [1.54, 1.807) is 0 Å². The minimum absolute atomic E-state index is 0.399. The Kier molecular flexibility index (Phi) is 18.9. The van der Waals surface area contributed by atoms with Crippen molar-refractivity contribution in [3.8, 4) is 0 Å². The number of rotatable bonds is 28. The topological polar surface area (TPSA) is 85.4 Å². The van der Waals surface area contributed by atoms with Gasteiger partial charge in [0, 0.05) is 36.3 Å². The van der Waals surface area contributed by atoms with Crippen molar-refractivity contribution in [2.75, 3.05) is 26.3 Å². The van der Waals surface area contributed by atoms with Gasteiger partial charge in [0.15, 0.2) is 0 Å². The van der Waals surface area contributed by atoms with Crippen LogP contribution in [0.2, 0.25) is 0 Å². The van der Waals surface area contributed by atoms with Crippen molar-refractivity contribution < 1.29 is 13.6 Å². The number of fused-ring (bicyclic) bond motifs is 2. The summed E-state index contributed by atoms with van der Waals surface area (Å²) >= 11 is 0. The van der Waals surface area contributed by atoms with E-state index >= 15 is 0 Å². The number of nitrogens with zero attached hydrogens (tertiary/aromatic N) is 2. The van der Waals surface area contributed by atoms with Crippen molar-refractivity contribution in [2.24, 2.45) is 0 Å². The molecule has 0 amide bonds. The molecule has 8 heteroatoms. The number of pyridine rings is 2. The van der Waals surface area contributed by atoms with Crippen LogP contribution in [0.1, 0.15) is 97.6 Å². The third kappa shape index (κ3) is 14.5. The SMILES string of the molecule is O=[PH](OCCCNCc1ccc(CCCCCCc2ccccc2)c2cccnc12)OCCCNCc1ccc(CCCCCCc2ccccc2)c2cccnc12. The van der Waals surface area contributed by atoms with Gasteiger partial charge in [0.05, 0.1) is 24.2 Å². The van der Waals surface area contributed by atoms with Gasteiger partial charge in [-0.3, -0.25) is 14.5 Å². The number of hydrogen-bond donors (Lipinski definition) is 2. The molecule has 0 aliphatic heterocycles. The van der Waals surface area contributed by atoms with Gasteiger partial charge in [-0.25, -0.2) is 0 Å². The maximum absolute atomic E-state index is 12.4. The second-order valence-electron chi connectivity index (χ2n) is 15.4. The molecule has 0 radical (unpaired) electrons. The number of nitrogens with one attached hydrogen (secondary N) is 2. The van der Waals surface area contributed by atoms with Crippen LogP contribution >= 0.6 is 8.25 Å². The Balaban J connectivity index is 0.798. The van der Waals surface area contributed by atoms with Crippen molar-refractivity contribution in [1.82, 2.24) is 20.6 Å². The summed E-state index contributed by atoms with van der Waals surface area (Å²) in [6.07, 6.45) is 19.7. The molecule has 0 aliphatic rings. The molecule has 58 heavy (non-hydrogen) atoms. The highest BCUT2D eigenvalue weighted by atomic mass is 31.1. The van der Waals surface area contributed by atoms with Crippen molar-refractivity contribution in [3.05, 3.63) is 155 Å². The number of benzene rings is 4. The number of unbranched alkanes of at least 4 members (excludes halogenated alkanes) is 6. The fraction of sp³-hybridized carbons (Fsp3) is 0.400. The predicted molar refractivity (Wildman–Crippen MR) is 242 cm³/mol. The predicted octanol–water partition coefficient (Wildman–Crippen LogP) is 11.6. The van der Waals surface area contributed by atoms with E-state index in [2.05, 4.69) is 108 Å². The Morgan fingerprint density at radius 1 is 0.431 bits per heavy atom. The third-order valence-corrected chi connectivity index (χ3v) is 11.8. The largest absolute Gasteiger partial charge is 0.319 e. The summed E-state index contributed by atoms with van der Waals surface area (Å²) < 4.78 is 23.4. The maximum atomic E-state index is 12.4. The normalized spacial score (nSPS) is 11.6. The van der Waals surface area contributed by atoms with Crippen molar-refractivity contribution in [1.29, 1.82) is 0 Å². The molecule has 0 atom stereocenters. The minimum atomic E-state index is -2.51. The highest BCUT2D eigenvalue weighted by Gasteiger charge is 2.09. The molecule has 0 saturated heterocycles. The van der Waals surface area contributed by atoms with Crippen LogP contribution in [0.25, 0.3) is 21.8 Å². The first-order chi connectivity index (χ1) is 28.7. The molecule has 0 aliphatic carbocycles. The molecular formula is C50H63N4O3P. The first kappa shape index (κ1) is 43.4. The van der Waals surface area contributed by atoms with Gasteiger partial charge in [-0.05, 0) is 123 Å². The molecule has 0 bridgehead atoms. The summed E-state index contributed by atoms with van der Waals surface area (Å²) in [6.45, 7) is 3.79. The minimum Gasteiger partial charge on any atom is -0.313 e. The number of hydrogen-bond acceptors (Lipinski definition) is 7. The first-order valence-electron chi connectivity index (χ1n) is 21.7. The summed E-state index contributed by atoms with van der Waals surface area (Å²) in [5, 5.41) is 9.55. The fourth-order valence-corrected chi connectivity index (χ4v) is 8.49. The lowest BCUT2D eigenvalue weighted by Crippen LogP contribution is -2.17. The van der Waals surface area contributed by atoms with Crippen LogP contribution in [0.5, 0.6) is 0 Å². The van der Waals surface area contributed by atoms with E-state index < -0.39 is 8.25 Å². The van der Waals surface area contributed by atoms with Crippen LogP contribution in [-0.4, -0.2) is 36.3 Å². The summed E-state index contributed by atoms with van der Waals surface area (Å²) in [5.74, 6) is 0. The lowest BCUT2D eigenvalue weighted by atomic mass is 9.98. The zero-order chi connectivity index (χ0) is 39.9. The first-order valence-corrected chi connectivity index (χ1v) is 23.0. The second kappa shape index (κ2) is 25.3. The standard InChI is InChI=1S/C50H63N4O3P/c55-58(56-37-17-33-51-39-45-31-29-43(47-27-15-35-53-49(45)47)25-13-3-1-7-19-41-21-9-5-10-22-41)57-38-18-34-52-40-46-32-30-44(48-28-16-36-54-50(46)48)26-14-4-2-8-20-42-23-11-6-12-24-42/h5-6,9-12,15-16,21-24,27-32,35-36,51-52,58H,1-4,7-8,13-14,17-20,25-26,33-34,37-40H2. The third-order valence-electron chi connectivity index (χ3n) is 11.0. The Hall–Kier alpha value is -4.23. The van der Waals surface area contributed by atoms with E-state index in [9.17, 15) is 4.57 Å². The summed E-state index contributed by atoms with van der Waals surface area (Å²) in [5.41, 5.74) is 10.2. The van der Waals surface area contributed by atoms with Gasteiger partial charge in [-0.15, -0.1) is 0 Å². The molecule has 7 nitrogen and oxygen atoms in total. The molecule has 0 spiro atoms. The van der Waals surface area contributed by atoms with Gasteiger partial charge in [0.25, 0.3) is 0 Å². The average molecular weight is 799 g/mol. The smallest absolute Gasteiger partial charge is 0.313 e. The van der Waals surface area contributed by atoms with E-state index in [4.69, 9.17) is 19.0 Å². The van der Waals surface area contributed by atoms with E-state index in [-0.39, 0.29) is 0 Å². The highest BCUT2D eigenvalue weighted by Crippen LogP contribution is 2.26. The van der Waals surface area contributed by atoms with Gasteiger partial charge >= 0.3 is 8.25 Å². The zero-order valence-electron chi connectivity index (χ0n) is 34.3. The molecule has 0 fully saturated rings. The summed E-state index contributed by atoms with van der Waals surface area (Å²) in [6, 6.07) is 39.0. The van der Waals surface area contributed by atoms with Crippen molar-refractivity contribution in [3.63, 3.8) is 0 Å². The van der Waals surface area contributed by atoms with Crippen molar-refractivity contribution >= 4 is 30.1 Å². The molecule has 4 aromatic carbocycles. The Bertz CT molecular complexity index is 1950. The highest BCUT2D eigenvalue weighted by molar-refractivity contribution is 7.33. The van der Waals surface area contributed by atoms with E-state index in [1.165, 1.54) is 95.5 Å². The van der Waals surface area contributed by atoms with Crippen LogP contribution < -0.4 is 10.6 Å². The lowest BCUT2D eigenvalue weighted by molar-refractivity contribution is 0.220. The van der Waals surface area contributed by atoms with Gasteiger partial charge in [-0.2, -0.15) is 0 Å². The molecule has 6 aromatic rings. The molecule has 0 saturated carbocycles. The second-order valence-corrected chi connectivity index (χ2v) is 16.5. The lowest BCUT2D eigenvalue weighted by Gasteiger charge is -2.12. The average Bonchev–Trinajstić information content (AvgIpc) is 3.27. The monoisotopic (exact) mass is 798 g/mol. The molecule has 6 rings (SSSR count). The van der Waals surface area contributed by atoms with Gasteiger partial charge in [-0.1, -0.05) is 123 Å². The van der Waals surface area contributed by atoms with Crippen LogP contribution in [-0.2, 0) is 52.4 Å². The summed E-state index contributed by atoms with van der Waals surface area (Å²) in [4.78, 5) is 9.49. The number of aryl methyl sites for hydroxylation is 4. The van der Waals surface area contributed by atoms with Gasteiger partial charge in [0.1, 0.15) is 0 Å². The maximum Gasteiger partial charge on any atom is 0.319 e. The van der Waals surface area contributed by atoms with E-state index in [1.807, 2.05) is 24.5 Å².